The van der Waals surface area contributed by atoms with Gasteiger partial charge in [0.1, 0.15) is 0 Å². The topological polar surface area (TPSA) is 63.6 Å². The molecule has 3 heterocycles. The van der Waals surface area contributed by atoms with E-state index in [2.05, 4.69) is 15.0 Å². The molecule has 0 aliphatic heterocycles. The van der Waals surface area contributed by atoms with Crippen molar-refractivity contribution in [2.75, 3.05) is 0 Å². The van der Waals surface area contributed by atoms with Crippen molar-refractivity contribution in [2.24, 2.45) is 0 Å². The number of imidazole rings is 1. The molecule has 4 rings (SSSR count). The molecule has 10 heteroatoms. The van der Waals surface area contributed by atoms with E-state index in [4.69, 9.17) is 0 Å². The maximum absolute atomic E-state index is 15.0. The quantitative estimate of drug-likeness (QED) is 0.513. The fourth-order valence-electron chi connectivity index (χ4n) is 2.97. The molecule has 0 aliphatic rings. The zero-order valence-corrected chi connectivity index (χ0v) is 14.4. The Morgan fingerprint density at radius 2 is 1.66 bits per heavy atom. The minimum atomic E-state index is -4.56. The summed E-state index contributed by atoms with van der Waals surface area (Å²) in [4.78, 5) is 22.0. The summed E-state index contributed by atoms with van der Waals surface area (Å²) in [6, 6.07) is 4.24. The number of hydrogen-bond donors (Lipinski definition) is 1. The highest BCUT2D eigenvalue weighted by Gasteiger charge is 2.38. The molecule has 0 radical (unpaired) electrons. The monoisotopic (exact) mass is 406 g/mol. The van der Waals surface area contributed by atoms with Gasteiger partial charge in [0.25, 0.3) is 0 Å². The van der Waals surface area contributed by atoms with Gasteiger partial charge >= 0.3 is 17.9 Å². The number of pyridine rings is 2. The maximum atomic E-state index is 15.0. The first kappa shape index (κ1) is 18.8. The van der Waals surface area contributed by atoms with Crippen LogP contribution < -0.4 is 5.69 Å². The molecule has 0 spiro atoms. The second-order valence-electron chi connectivity index (χ2n) is 6.22. The number of nitrogens with zero attached hydrogens (tertiary/aromatic N) is 3. The van der Waals surface area contributed by atoms with Crippen molar-refractivity contribution < 1.29 is 22.0 Å². The molecular weight excluding hydrogens is 395 g/mol. The Bertz CT molecular complexity index is 1240. The van der Waals surface area contributed by atoms with Crippen molar-refractivity contribution in [2.45, 2.75) is 12.2 Å². The molecule has 29 heavy (non-hydrogen) atoms. The zero-order valence-electron chi connectivity index (χ0n) is 14.4. The third kappa shape index (κ3) is 3.26. The Hall–Kier alpha value is -3.56. The zero-order chi connectivity index (χ0) is 20.8. The van der Waals surface area contributed by atoms with Crippen LogP contribution in [0.5, 0.6) is 0 Å². The van der Waals surface area contributed by atoms with E-state index in [0.717, 1.165) is 24.4 Å². The number of halogens is 5. The molecule has 0 amide bonds. The largest absolute Gasteiger partial charge is 0.416 e. The number of benzene rings is 1. The maximum Gasteiger partial charge on any atom is 0.416 e. The van der Waals surface area contributed by atoms with Gasteiger partial charge in [-0.3, -0.25) is 9.97 Å². The molecule has 3 aromatic heterocycles. The lowest BCUT2D eigenvalue weighted by atomic mass is 10.0. The van der Waals surface area contributed by atoms with Crippen LogP contribution in [0.15, 0.2) is 65.8 Å². The molecule has 4 aromatic rings. The molecule has 0 saturated heterocycles. The number of aromatic amines is 1. The predicted molar refractivity (Wildman–Crippen MR) is 94.3 cm³/mol. The SMILES string of the molecule is O=c1[nH]c2ncc(-c3cccc(C(F)(F)F)c3)cc2n1C(F)(F)c1cccnc1. The van der Waals surface area contributed by atoms with Gasteiger partial charge in [0.2, 0.25) is 0 Å². The van der Waals surface area contributed by atoms with E-state index >= 15 is 0 Å². The Morgan fingerprint density at radius 1 is 0.897 bits per heavy atom. The van der Waals surface area contributed by atoms with Gasteiger partial charge in [-0.1, -0.05) is 12.1 Å². The third-order valence-corrected chi connectivity index (χ3v) is 4.35. The van der Waals surface area contributed by atoms with Crippen LogP contribution in [0.3, 0.4) is 0 Å². The Balaban J connectivity index is 1.90. The molecule has 0 atom stereocenters. The summed E-state index contributed by atoms with van der Waals surface area (Å²) < 4.78 is 69.1. The van der Waals surface area contributed by atoms with Crippen molar-refractivity contribution in [3.8, 4) is 11.1 Å². The number of aromatic nitrogens is 4. The summed E-state index contributed by atoms with van der Waals surface area (Å²) in [6.07, 6.45) is -1.11. The fraction of sp³-hybridized carbons (Fsp3) is 0.105. The van der Waals surface area contributed by atoms with Crippen LogP contribution in [0, 0.1) is 0 Å². The van der Waals surface area contributed by atoms with Gasteiger partial charge < -0.3 is 0 Å². The van der Waals surface area contributed by atoms with Crippen molar-refractivity contribution in [1.29, 1.82) is 0 Å². The molecular formula is C19H11F5N4O. The van der Waals surface area contributed by atoms with E-state index in [1.54, 1.807) is 0 Å². The number of nitrogens with one attached hydrogen (secondary N) is 1. The average Bonchev–Trinajstić information content (AvgIpc) is 3.03. The summed E-state index contributed by atoms with van der Waals surface area (Å²) in [5.41, 5.74) is -2.61. The second-order valence-corrected chi connectivity index (χ2v) is 6.22. The molecule has 1 N–H and O–H groups in total. The van der Waals surface area contributed by atoms with Crippen molar-refractivity contribution >= 4 is 11.2 Å². The Labute approximate surface area is 159 Å². The van der Waals surface area contributed by atoms with E-state index in [1.165, 1.54) is 36.7 Å². The van der Waals surface area contributed by atoms with Crippen LogP contribution in [0.25, 0.3) is 22.3 Å². The lowest BCUT2D eigenvalue weighted by Gasteiger charge is -2.17. The summed E-state index contributed by atoms with van der Waals surface area (Å²) in [5.74, 6) is 0. The van der Waals surface area contributed by atoms with E-state index < -0.39 is 29.0 Å². The van der Waals surface area contributed by atoms with E-state index in [0.29, 0.717) is 0 Å². The highest BCUT2D eigenvalue weighted by molar-refractivity contribution is 5.78. The lowest BCUT2D eigenvalue weighted by molar-refractivity contribution is -0.137. The Morgan fingerprint density at radius 3 is 2.34 bits per heavy atom. The first-order valence-corrected chi connectivity index (χ1v) is 8.25. The van der Waals surface area contributed by atoms with Gasteiger partial charge in [-0.2, -0.15) is 22.0 Å². The van der Waals surface area contributed by atoms with Gasteiger partial charge in [0.15, 0.2) is 5.65 Å². The van der Waals surface area contributed by atoms with Crippen molar-refractivity contribution in [3.05, 3.63) is 82.7 Å². The summed E-state index contributed by atoms with van der Waals surface area (Å²) in [7, 11) is 0. The molecule has 0 bridgehead atoms. The average molecular weight is 406 g/mol. The number of rotatable bonds is 3. The van der Waals surface area contributed by atoms with Gasteiger partial charge in [-0.05, 0) is 35.9 Å². The smallest absolute Gasteiger partial charge is 0.290 e. The standard InChI is InChI=1S/C19H11F5N4O/c20-18(21,22)13-4-1-3-11(7-13)12-8-15-16(26-9-12)27-17(29)28(15)19(23,24)14-5-2-6-25-10-14/h1-10H,(H,26,27,29). The highest BCUT2D eigenvalue weighted by atomic mass is 19.4. The first-order valence-electron chi connectivity index (χ1n) is 8.25. The van der Waals surface area contributed by atoms with Crippen molar-refractivity contribution in [1.82, 2.24) is 19.5 Å². The summed E-state index contributed by atoms with van der Waals surface area (Å²) in [5, 5.41) is 0. The van der Waals surface area contributed by atoms with Crippen LogP contribution in [0.4, 0.5) is 22.0 Å². The molecule has 5 nitrogen and oxygen atoms in total. The summed E-state index contributed by atoms with van der Waals surface area (Å²) in [6.45, 7) is 0. The van der Waals surface area contributed by atoms with Gasteiger partial charge in [-0.25, -0.2) is 14.3 Å². The molecule has 1 aromatic carbocycles. The van der Waals surface area contributed by atoms with Gasteiger partial charge in [-0.15, -0.1) is 0 Å². The molecule has 0 fully saturated rings. The van der Waals surface area contributed by atoms with E-state index in [-0.39, 0.29) is 26.9 Å². The minimum absolute atomic E-state index is 0.116. The van der Waals surface area contributed by atoms with Gasteiger partial charge in [0, 0.05) is 24.2 Å². The molecule has 0 aliphatic carbocycles. The lowest BCUT2D eigenvalue weighted by Crippen LogP contribution is -2.33. The van der Waals surface area contributed by atoms with Crippen LogP contribution in [0.2, 0.25) is 0 Å². The van der Waals surface area contributed by atoms with Crippen LogP contribution in [-0.2, 0) is 12.2 Å². The summed E-state index contributed by atoms with van der Waals surface area (Å²) >= 11 is 0. The Kier molecular flexibility index (Phi) is 4.21. The number of H-pyrrole nitrogens is 1. The van der Waals surface area contributed by atoms with Crippen molar-refractivity contribution in [3.63, 3.8) is 0 Å². The number of hydrogen-bond acceptors (Lipinski definition) is 3. The van der Waals surface area contributed by atoms with E-state index in [9.17, 15) is 26.7 Å². The molecule has 0 unspecified atom stereocenters. The minimum Gasteiger partial charge on any atom is -0.290 e. The molecule has 148 valence electrons. The first-order chi connectivity index (χ1) is 13.7. The van der Waals surface area contributed by atoms with Crippen LogP contribution >= 0.6 is 0 Å². The molecule has 0 saturated carbocycles. The number of fused-ring (bicyclic) bond motifs is 1. The van der Waals surface area contributed by atoms with Gasteiger partial charge in [0.05, 0.1) is 16.6 Å². The highest BCUT2D eigenvalue weighted by Crippen LogP contribution is 2.34. The van der Waals surface area contributed by atoms with Crippen LogP contribution in [0.1, 0.15) is 11.1 Å². The normalized spacial score (nSPS) is 12.4. The third-order valence-electron chi connectivity index (χ3n) is 4.35. The van der Waals surface area contributed by atoms with E-state index in [1.807, 2.05) is 0 Å². The second kappa shape index (κ2) is 6.50. The van der Waals surface area contributed by atoms with Crippen LogP contribution in [-0.4, -0.2) is 19.5 Å². The predicted octanol–water partition coefficient (Wildman–Crippen LogP) is 4.40. The number of alkyl halides is 5. The fourth-order valence-corrected chi connectivity index (χ4v) is 2.97.